The van der Waals surface area contributed by atoms with Crippen molar-refractivity contribution in [3.63, 3.8) is 0 Å². The first-order chi connectivity index (χ1) is 4.57. The Hall–Kier alpha value is 0.200. The molecule has 0 aliphatic rings. The summed E-state index contributed by atoms with van der Waals surface area (Å²) in [6, 6.07) is 0.310. The largest absolute Gasteiger partial charge is 0.353 e. The number of rotatable bonds is 3. The van der Waals surface area contributed by atoms with Gasteiger partial charge in [0.05, 0.1) is 3.92 Å². The molecular formula is C7H14INO. The molecule has 2 unspecified atom stereocenters. The van der Waals surface area contributed by atoms with Gasteiger partial charge >= 0.3 is 0 Å². The van der Waals surface area contributed by atoms with Crippen LogP contribution in [0.5, 0.6) is 0 Å². The van der Waals surface area contributed by atoms with Gasteiger partial charge in [0, 0.05) is 6.04 Å². The number of alkyl halides is 1. The first-order valence-electron chi connectivity index (χ1n) is 3.52. The molecule has 1 amide bonds. The highest BCUT2D eigenvalue weighted by atomic mass is 127. The van der Waals surface area contributed by atoms with Crippen LogP contribution in [0.15, 0.2) is 0 Å². The SMILES string of the molecule is CCC(C)NC(=O)C(C)I. The van der Waals surface area contributed by atoms with Gasteiger partial charge in [0.2, 0.25) is 5.91 Å². The lowest BCUT2D eigenvalue weighted by atomic mass is 10.2. The maximum atomic E-state index is 11.0. The van der Waals surface area contributed by atoms with E-state index in [0.29, 0.717) is 6.04 Å². The summed E-state index contributed by atoms with van der Waals surface area (Å²) < 4.78 is 0.0756. The lowest BCUT2D eigenvalue weighted by Crippen LogP contribution is -2.36. The molecule has 0 saturated carbocycles. The second-order valence-electron chi connectivity index (χ2n) is 2.43. The van der Waals surface area contributed by atoms with Gasteiger partial charge in [0.1, 0.15) is 0 Å². The number of amides is 1. The smallest absolute Gasteiger partial charge is 0.232 e. The second-order valence-corrected chi connectivity index (χ2v) is 4.30. The minimum Gasteiger partial charge on any atom is -0.353 e. The molecule has 0 aliphatic carbocycles. The number of halogens is 1. The first kappa shape index (κ1) is 10.2. The van der Waals surface area contributed by atoms with Gasteiger partial charge in [-0.15, -0.1) is 0 Å². The molecule has 0 radical (unpaired) electrons. The van der Waals surface area contributed by atoms with E-state index >= 15 is 0 Å². The Balaban J connectivity index is 3.57. The van der Waals surface area contributed by atoms with Crippen molar-refractivity contribution in [2.45, 2.75) is 37.2 Å². The summed E-state index contributed by atoms with van der Waals surface area (Å²) in [6.45, 7) is 5.96. The zero-order chi connectivity index (χ0) is 8.15. The standard InChI is InChI=1S/C7H14INO/c1-4-5(2)9-7(10)6(3)8/h5-6H,4H2,1-3H3,(H,9,10). The van der Waals surface area contributed by atoms with Crippen LogP contribution in [0.25, 0.3) is 0 Å². The molecule has 0 aromatic heterocycles. The van der Waals surface area contributed by atoms with Crippen LogP contribution in [0.4, 0.5) is 0 Å². The predicted octanol–water partition coefficient (Wildman–Crippen LogP) is 1.72. The van der Waals surface area contributed by atoms with Crippen LogP contribution in [0.3, 0.4) is 0 Å². The Kier molecular flexibility index (Phi) is 5.03. The number of carbonyl (C=O) groups excluding carboxylic acids is 1. The summed E-state index contributed by atoms with van der Waals surface area (Å²) in [4.78, 5) is 11.0. The monoisotopic (exact) mass is 255 g/mol. The van der Waals surface area contributed by atoms with Gasteiger partial charge in [-0.3, -0.25) is 4.79 Å². The normalized spacial score (nSPS) is 16.0. The number of hydrogen-bond acceptors (Lipinski definition) is 1. The van der Waals surface area contributed by atoms with Crippen molar-refractivity contribution in [2.24, 2.45) is 0 Å². The second kappa shape index (κ2) is 4.93. The highest BCUT2D eigenvalue weighted by Gasteiger charge is 2.09. The maximum absolute atomic E-state index is 11.0. The molecule has 1 N–H and O–H groups in total. The molecule has 0 rings (SSSR count). The fourth-order valence-corrected chi connectivity index (χ4v) is 0.640. The molecule has 60 valence electrons. The lowest BCUT2D eigenvalue weighted by Gasteiger charge is -2.11. The number of nitrogens with one attached hydrogen (secondary N) is 1. The number of carbonyl (C=O) groups is 1. The van der Waals surface area contributed by atoms with Crippen LogP contribution in [0.1, 0.15) is 27.2 Å². The predicted molar refractivity (Wildman–Crippen MR) is 51.4 cm³/mol. The molecule has 0 saturated heterocycles. The highest BCUT2D eigenvalue weighted by Crippen LogP contribution is 1.99. The summed E-state index contributed by atoms with van der Waals surface area (Å²) in [7, 11) is 0. The molecule has 0 fully saturated rings. The van der Waals surface area contributed by atoms with Crippen molar-refractivity contribution in [3.05, 3.63) is 0 Å². The minimum atomic E-state index is 0.0756. The molecule has 0 aliphatic heterocycles. The van der Waals surface area contributed by atoms with Crippen LogP contribution in [-0.4, -0.2) is 15.9 Å². The third-order valence-electron chi connectivity index (χ3n) is 1.36. The van der Waals surface area contributed by atoms with E-state index in [9.17, 15) is 4.79 Å². The zero-order valence-corrected chi connectivity index (χ0v) is 8.81. The molecule has 2 nitrogen and oxygen atoms in total. The Labute approximate surface area is 75.9 Å². The van der Waals surface area contributed by atoms with Crippen LogP contribution in [0, 0.1) is 0 Å². The molecule has 0 aromatic rings. The summed E-state index contributed by atoms with van der Waals surface area (Å²) in [5, 5.41) is 2.88. The first-order valence-corrected chi connectivity index (χ1v) is 4.77. The molecule has 3 heteroatoms. The third kappa shape index (κ3) is 4.09. The lowest BCUT2D eigenvalue weighted by molar-refractivity contribution is -0.120. The Morgan fingerprint density at radius 2 is 2.10 bits per heavy atom. The zero-order valence-electron chi connectivity index (χ0n) is 6.65. The van der Waals surface area contributed by atoms with E-state index in [0.717, 1.165) is 6.42 Å². The average molecular weight is 255 g/mol. The van der Waals surface area contributed by atoms with Crippen molar-refractivity contribution in [2.75, 3.05) is 0 Å². The van der Waals surface area contributed by atoms with Gasteiger partial charge in [-0.1, -0.05) is 29.5 Å². The Bertz CT molecular complexity index is 114. The van der Waals surface area contributed by atoms with E-state index in [1.54, 1.807) is 0 Å². The third-order valence-corrected chi connectivity index (χ3v) is 1.93. The van der Waals surface area contributed by atoms with Gasteiger partial charge in [-0.2, -0.15) is 0 Å². The fourth-order valence-electron chi connectivity index (χ4n) is 0.460. The van der Waals surface area contributed by atoms with E-state index in [4.69, 9.17) is 0 Å². The van der Waals surface area contributed by atoms with Gasteiger partial charge in [0.15, 0.2) is 0 Å². The molecule has 0 heterocycles. The van der Waals surface area contributed by atoms with E-state index in [1.165, 1.54) is 0 Å². The molecule has 0 aromatic carbocycles. The van der Waals surface area contributed by atoms with E-state index in [-0.39, 0.29) is 9.83 Å². The average Bonchev–Trinajstić information content (AvgIpc) is 1.87. The topological polar surface area (TPSA) is 29.1 Å². The molecule has 10 heavy (non-hydrogen) atoms. The Morgan fingerprint density at radius 1 is 1.60 bits per heavy atom. The van der Waals surface area contributed by atoms with E-state index in [1.807, 2.05) is 13.8 Å². The van der Waals surface area contributed by atoms with Crippen LogP contribution >= 0.6 is 22.6 Å². The summed E-state index contributed by atoms with van der Waals surface area (Å²) in [6.07, 6.45) is 0.995. The molecule has 2 atom stereocenters. The van der Waals surface area contributed by atoms with E-state index in [2.05, 4.69) is 34.8 Å². The molecule has 0 bridgehead atoms. The molecular weight excluding hydrogens is 241 g/mol. The summed E-state index contributed by atoms with van der Waals surface area (Å²) in [5.41, 5.74) is 0. The Morgan fingerprint density at radius 3 is 2.40 bits per heavy atom. The number of hydrogen-bond donors (Lipinski definition) is 1. The fraction of sp³-hybridized carbons (Fsp3) is 0.857. The van der Waals surface area contributed by atoms with Crippen molar-refractivity contribution < 1.29 is 4.79 Å². The summed E-state index contributed by atoms with van der Waals surface area (Å²) >= 11 is 2.11. The van der Waals surface area contributed by atoms with Gasteiger partial charge in [-0.25, -0.2) is 0 Å². The van der Waals surface area contributed by atoms with Crippen LogP contribution < -0.4 is 5.32 Å². The van der Waals surface area contributed by atoms with Crippen molar-refractivity contribution in [1.29, 1.82) is 0 Å². The van der Waals surface area contributed by atoms with Crippen molar-refractivity contribution >= 4 is 28.5 Å². The summed E-state index contributed by atoms with van der Waals surface area (Å²) in [5.74, 6) is 0.134. The molecule has 0 spiro atoms. The van der Waals surface area contributed by atoms with Crippen LogP contribution in [-0.2, 0) is 4.79 Å². The maximum Gasteiger partial charge on any atom is 0.232 e. The van der Waals surface area contributed by atoms with Gasteiger partial charge in [0.25, 0.3) is 0 Å². The van der Waals surface area contributed by atoms with Crippen molar-refractivity contribution in [1.82, 2.24) is 5.32 Å². The van der Waals surface area contributed by atoms with Crippen LogP contribution in [0.2, 0.25) is 0 Å². The van der Waals surface area contributed by atoms with E-state index < -0.39 is 0 Å². The minimum absolute atomic E-state index is 0.0756. The van der Waals surface area contributed by atoms with Crippen molar-refractivity contribution in [3.8, 4) is 0 Å². The van der Waals surface area contributed by atoms with Gasteiger partial charge < -0.3 is 5.32 Å². The highest BCUT2D eigenvalue weighted by molar-refractivity contribution is 14.1. The quantitative estimate of drug-likeness (QED) is 0.603. The van der Waals surface area contributed by atoms with Gasteiger partial charge in [-0.05, 0) is 20.3 Å².